The normalized spacial score (nSPS) is 15.0. The SMILES string of the molecule is O=C(c1cccs1)N1CCN(C(=O)c2ccccc2F)CC1. The van der Waals surface area contributed by atoms with Crippen molar-refractivity contribution in [1.29, 1.82) is 0 Å². The van der Waals surface area contributed by atoms with Gasteiger partial charge >= 0.3 is 0 Å². The summed E-state index contributed by atoms with van der Waals surface area (Å²) in [6.07, 6.45) is 0. The molecule has 1 aromatic carbocycles. The number of carbonyl (C=O) groups is 2. The minimum atomic E-state index is -0.510. The highest BCUT2D eigenvalue weighted by molar-refractivity contribution is 7.12. The molecule has 0 spiro atoms. The number of halogens is 1. The average Bonchev–Trinajstić information content (AvgIpc) is 3.09. The minimum Gasteiger partial charge on any atom is -0.335 e. The minimum absolute atomic E-state index is 0.00649. The van der Waals surface area contributed by atoms with Gasteiger partial charge < -0.3 is 9.80 Å². The van der Waals surface area contributed by atoms with Crippen molar-refractivity contribution >= 4 is 23.2 Å². The Morgan fingerprint density at radius 3 is 2.14 bits per heavy atom. The Kier molecular flexibility index (Phi) is 4.20. The molecule has 0 radical (unpaired) electrons. The molecule has 0 N–H and O–H groups in total. The third-order valence-corrected chi connectivity index (χ3v) is 4.55. The molecule has 1 aliphatic rings. The number of rotatable bonds is 2. The second kappa shape index (κ2) is 6.27. The van der Waals surface area contributed by atoms with Crippen LogP contribution < -0.4 is 0 Å². The topological polar surface area (TPSA) is 40.6 Å². The lowest BCUT2D eigenvalue weighted by atomic mass is 10.1. The van der Waals surface area contributed by atoms with Crippen LogP contribution >= 0.6 is 11.3 Å². The highest BCUT2D eigenvalue weighted by Gasteiger charge is 2.26. The van der Waals surface area contributed by atoms with Gasteiger partial charge in [-0.25, -0.2) is 4.39 Å². The summed E-state index contributed by atoms with van der Waals surface area (Å²) in [6.45, 7) is 1.78. The van der Waals surface area contributed by atoms with E-state index in [4.69, 9.17) is 0 Å². The highest BCUT2D eigenvalue weighted by Crippen LogP contribution is 2.16. The predicted molar refractivity (Wildman–Crippen MR) is 82.5 cm³/mol. The maximum absolute atomic E-state index is 13.7. The highest BCUT2D eigenvalue weighted by atomic mass is 32.1. The van der Waals surface area contributed by atoms with Gasteiger partial charge in [0.1, 0.15) is 5.82 Å². The number of amides is 2. The monoisotopic (exact) mass is 318 g/mol. The molecule has 1 saturated heterocycles. The van der Waals surface area contributed by atoms with Crippen molar-refractivity contribution in [3.8, 4) is 0 Å². The van der Waals surface area contributed by atoms with Crippen molar-refractivity contribution in [3.63, 3.8) is 0 Å². The summed E-state index contributed by atoms with van der Waals surface area (Å²) in [5.41, 5.74) is 0.0838. The maximum Gasteiger partial charge on any atom is 0.264 e. The van der Waals surface area contributed by atoms with Crippen molar-refractivity contribution in [3.05, 3.63) is 58.0 Å². The van der Waals surface area contributed by atoms with Crippen LogP contribution in [0.25, 0.3) is 0 Å². The van der Waals surface area contributed by atoms with Crippen LogP contribution in [0.3, 0.4) is 0 Å². The molecule has 0 aliphatic carbocycles. The smallest absolute Gasteiger partial charge is 0.264 e. The molecule has 2 amide bonds. The fourth-order valence-electron chi connectivity index (χ4n) is 2.47. The molecule has 6 heteroatoms. The Hall–Kier alpha value is -2.21. The number of thiophene rings is 1. The quantitative estimate of drug-likeness (QED) is 0.853. The van der Waals surface area contributed by atoms with Gasteiger partial charge in [-0.05, 0) is 23.6 Å². The van der Waals surface area contributed by atoms with Crippen molar-refractivity contribution in [2.75, 3.05) is 26.2 Å². The first-order chi connectivity index (χ1) is 10.7. The van der Waals surface area contributed by atoms with Gasteiger partial charge in [0.25, 0.3) is 11.8 Å². The van der Waals surface area contributed by atoms with E-state index in [0.717, 1.165) is 0 Å². The third-order valence-electron chi connectivity index (χ3n) is 3.69. The lowest BCUT2D eigenvalue weighted by Crippen LogP contribution is -2.50. The number of nitrogens with zero attached hydrogens (tertiary/aromatic N) is 2. The molecular formula is C16H15FN2O2S. The molecule has 0 unspecified atom stereocenters. The van der Waals surface area contributed by atoms with Crippen LogP contribution in [0.5, 0.6) is 0 Å². The van der Waals surface area contributed by atoms with Gasteiger partial charge in [-0.15, -0.1) is 11.3 Å². The van der Waals surface area contributed by atoms with Gasteiger partial charge in [0.05, 0.1) is 10.4 Å². The van der Waals surface area contributed by atoms with E-state index in [1.807, 2.05) is 11.4 Å². The van der Waals surface area contributed by atoms with Crippen LogP contribution in [-0.4, -0.2) is 47.8 Å². The van der Waals surface area contributed by atoms with E-state index >= 15 is 0 Å². The third kappa shape index (κ3) is 2.87. The fourth-order valence-corrected chi connectivity index (χ4v) is 3.16. The van der Waals surface area contributed by atoms with Gasteiger partial charge in [0, 0.05) is 26.2 Å². The van der Waals surface area contributed by atoms with E-state index in [-0.39, 0.29) is 17.4 Å². The molecule has 1 fully saturated rings. The largest absolute Gasteiger partial charge is 0.335 e. The molecule has 3 rings (SSSR count). The van der Waals surface area contributed by atoms with Gasteiger partial charge in [0.2, 0.25) is 0 Å². The van der Waals surface area contributed by atoms with Crippen LogP contribution in [0.1, 0.15) is 20.0 Å². The van der Waals surface area contributed by atoms with Crippen LogP contribution in [0.4, 0.5) is 4.39 Å². The van der Waals surface area contributed by atoms with E-state index in [1.165, 1.54) is 23.5 Å². The summed E-state index contributed by atoms with van der Waals surface area (Å²) in [4.78, 5) is 28.6. The second-order valence-electron chi connectivity index (χ2n) is 5.04. The molecule has 114 valence electrons. The van der Waals surface area contributed by atoms with Gasteiger partial charge in [-0.1, -0.05) is 18.2 Å². The lowest BCUT2D eigenvalue weighted by Gasteiger charge is -2.34. The summed E-state index contributed by atoms with van der Waals surface area (Å²) >= 11 is 1.41. The number of hydrogen-bond donors (Lipinski definition) is 0. The zero-order chi connectivity index (χ0) is 15.5. The van der Waals surface area contributed by atoms with Crippen molar-refractivity contribution in [2.45, 2.75) is 0 Å². The van der Waals surface area contributed by atoms with E-state index in [1.54, 1.807) is 28.0 Å². The Balaban J connectivity index is 1.63. The van der Waals surface area contributed by atoms with E-state index < -0.39 is 5.82 Å². The first kappa shape index (κ1) is 14.7. The molecular weight excluding hydrogens is 303 g/mol. The summed E-state index contributed by atoms with van der Waals surface area (Å²) in [6, 6.07) is 9.61. The van der Waals surface area contributed by atoms with Gasteiger partial charge in [-0.3, -0.25) is 9.59 Å². The zero-order valence-corrected chi connectivity index (χ0v) is 12.7. The maximum atomic E-state index is 13.7. The molecule has 2 heterocycles. The molecule has 1 aliphatic heterocycles. The number of benzene rings is 1. The number of carbonyl (C=O) groups excluding carboxylic acids is 2. The molecule has 4 nitrogen and oxygen atoms in total. The standard InChI is InChI=1S/C16H15FN2O2S/c17-13-5-2-1-4-12(13)15(20)18-7-9-19(10-8-18)16(21)14-6-3-11-22-14/h1-6,11H,7-10H2. The molecule has 1 aromatic heterocycles. The lowest BCUT2D eigenvalue weighted by molar-refractivity contribution is 0.0535. The summed E-state index contributed by atoms with van der Waals surface area (Å²) in [7, 11) is 0. The number of piperazine rings is 1. The molecule has 22 heavy (non-hydrogen) atoms. The van der Waals surface area contributed by atoms with Crippen LogP contribution in [0.15, 0.2) is 41.8 Å². The van der Waals surface area contributed by atoms with E-state index in [2.05, 4.69) is 0 Å². The molecule has 0 saturated carbocycles. The second-order valence-corrected chi connectivity index (χ2v) is 5.99. The first-order valence-corrected chi connectivity index (χ1v) is 7.91. The van der Waals surface area contributed by atoms with Crippen LogP contribution in [0.2, 0.25) is 0 Å². The Morgan fingerprint density at radius 1 is 0.909 bits per heavy atom. The van der Waals surface area contributed by atoms with Gasteiger partial charge in [-0.2, -0.15) is 0 Å². The zero-order valence-electron chi connectivity index (χ0n) is 11.9. The Bertz CT molecular complexity index is 679. The van der Waals surface area contributed by atoms with Crippen molar-refractivity contribution in [2.24, 2.45) is 0 Å². The fraction of sp³-hybridized carbons (Fsp3) is 0.250. The average molecular weight is 318 g/mol. The van der Waals surface area contributed by atoms with E-state index in [0.29, 0.717) is 31.1 Å². The van der Waals surface area contributed by atoms with Crippen molar-refractivity contribution < 1.29 is 14.0 Å². The van der Waals surface area contributed by atoms with Crippen molar-refractivity contribution in [1.82, 2.24) is 9.80 Å². The first-order valence-electron chi connectivity index (χ1n) is 7.03. The Morgan fingerprint density at radius 2 is 1.55 bits per heavy atom. The summed E-state index contributed by atoms with van der Waals surface area (Å²) < 4.78 is 13.7. The summed E-state index contributed by atoms with van der Waals surface area (Å²) in [5.74, 6) is -0.834. The number of hydrogen-bond acceptors (Lipinski definition) is 3. The predicted octanol–water partition coefficient (Wildman–Crippen LogP) is 2.49. The van der Waals surface area contributed by atoms with E-state index in [9.17, 15) is 14.0 Å². The van der Waals surface area contributed by atoms with Crippen LogP contribution in [-0.2, 0) is 0 Å². The Labute approximate surface area is 131 Å². The molecule has 2 aromatic rings. The van der Waals surface area contributed by atoms with Gasteiger partial charge in [0.15, 0.2) is 0 Å². The summed E-state index contributed by atoms with van der Waals surface area (Å²) in [5, 5.41) is 1.87. The van der Waals surface area contributed by atoms with Crippen LogP contribution in [0, 0.1) is 5.82 Å². The molecule has 0 bridgehead atoms. The molecule has 0 atom stereocenters.